The summed E-state index contributed by atoms with van der Waals surface area (Å²) in [6, 6.07) is 7.13. The topological polar surface area (TPSA) is 105 Å². The van der Waals surface area contributed by atoms with Gasteiger partial charge in [-0.25, -0.2) is 0 Å². The van der Waals surface area contributed by atoms with Crippen molar-refractivity contribution in [3.8, 4) is 0 Å². The van der Waals surface area contributed by atoms with E-state index in [9.17, 15) is 19.2 Å². The van der Waals surface area contributed by atoms with Crippen molar-refractivity contribution < 1.29 is 23.9 Å². The van der Waals surface area contributed by atoms with Gasteiger partial charge >= 0.3 is 5.97 Å². The minimum atomic E-state index is -0.694. The Balaban J connectivity index is 1.59. The van der Waals surface area contributed by atoms with Crippen LogP contribution in [0.25, 0.3) is 10.9 Å². The number of H-pyrrole nitrogens is 1. The van der Waals surface area contributed by atoms with Gasteiger partial charge in [-0.2, -0.15) is 0 Å². The fourth-order valence-corrected chi connectivity index (χ4v) is 4.13. The minimum absolute atomic E-state index is 0.0678. The third-order valence-electron chi connectivity index (χ3n) is 6.10. The maximum Gasteiger partial charge on any atom is 0.313 e. The number of ether oxygens (including phenoxy) is 1. The Kier molecular flexibility index (Phi) is 8.20. The summed E-state index contributed by atoms with van der Waals surface area (Å²) in [5.41, 5.74) is 1.93. The maximum absolute atomic E-state index is 13.0. The molecule has 1 saturated heterocycles. The molecule has 1 amide bonds. The molecule has 32 heavy (non-hydrogen) atoms. The lowest BCUT2D eigenvalue weighted by Gasteiger charge is -2.32. The third kappa shape index (κ3) is 6.28. The molecule has 3 atom stereocenters. The molecule has 0 radical (unpaired) electrons. The Morgan fingerprint density at radius 3 is 2.50 bits per heavy atom. The number of cyclic esters (lactones) is 1. The van der Waals surface area contributed by atoms with E-state index in [1.807, 2.05) is 30.5 Å². The van der Waals surface area contributed by atoms with Crippen LogP contribution >= 0.6 is 0 Å². The molecule has 1 aromatic carbocycles. The molecule has 1 fully saturated rings. The molecule has 3 rings (SSSR count). The SMILES string of the molecule is CC(=O)CCCCCCC(=O)N[C@@H](Cc1c[nH]c2ccccc12)C(=O)C[C@@H]1C(=O)O[C@@H]1C. The zero-order valence-electron chi connectivity index (χ0n) is 18.8. The first-order valence-corrected chi connectivity index (χ1v) is 11.4. The highest BCUT2D eigenvalue weighted by atomic mass is 16.6. The summed E-state index contributed by atoms with van der Waals surface area (Å²) in [7, 11) is 0. The Hall–Kier alpha value is -2.96. The number of aromatic amines is 1. The molecule has 2 N–H and O–H groups in total. The second kappa shape index (κ2) is 11.1. The van der Waals surface area contributed by atoms with Crippen LogP contribution in [0.2, 0.25) is 0 Å². The van der Waals surface area contributed by atoms with Crippen molar-refractivity contribution in [3.63, 3.8) is 0 Å². The van der Waals surface area contributed by atoms with Crippen molar-refractivity contribution in [1.82, 2.24) is 10.3 Å². The van der Waals surface area contributed by atoms with Gasteiger partial charge in [-0.05, 0) is 38.3 Å². The van der Waals surface area contributed by atoms with Crippen molar-refractivity contribution >= 4 is 34.3 Å². The van der Waals surface area contributed by atoms with Crippen molar-refractivity contribution in [2.24, 2.45) is 5.92 Å². The summed E-state index contributed by atoms with van der Waals surface area (Å²) in [5, 5.41) is 3.92. The highest BCUT2D eigenvalue weighted by Crippen LogP contribution is 2.27. The average molecular weight is 441 g/mol. The van der Waals surface area contributed by atoms with E-state index >= 15 is 0 Å². The number of carbonyl (C=O) groups excluding carboxylic acids is 4. The van der Waals surface area contributed by atoms with Gasteiger partial charge in [-0.15, -0.1) is 0 Å². The summed E-state index contributed by atoms with van der Waals surface area (Å²) in [6.45, 7) is 3.36. The van der Waals surface area contributed by atoms with E-state index in [0.717, 1.165) is 35.7 Å². The lowest BCUT2D eigenvalue weighted by Crippen LogP contribution is -2.48. The summed E-state index contributed by atoms with van der Waals surface area (Å²) in [6.07, 6.45) is 6.27. The van der Waals surface area contributed by atoms with Crippen molar-refractivity contribution in [3.05, 3.63) is 36.0 Å². The number of amides is 1. The number of unbranched alkanes of at least 4 members (excludes halogenated alkanes) is 3. The number of rotatable bonds is 13. The molecule has 0 unspecified atom stereocenters. The van der Waals surface area contributed by atoms with Gasteiger partial charge < -0.3 is 19.8 Å². The Morgan fingerprint density at radius 2 is 1.81 bits per heavy atom. The zero-order valence-corrected chi connectivity index (χ0v) is 18.8. The van der Waals surface area contributed by atoms with Gasteiger partial charge in [-0.1, -0.05) is 31.0 Å². The van der Waals surface area contributed by atoms with E-state index in [2.05, 4.69) is 10.3 Å². The summed E-state index contributed by atoms with van der Waals surface area (Å²) in [4.78, 5) is 51.5. The van der Waals surface area contributed by atoms with Gasteiger partial charge in [0.2, 0.25) is 5.91 Å². The molecule has 7 heteroatoms. The zero-order chi connectivity index (χ0) is 23.1. The number of para-hydroxylation sites is 1. The average Bonchev–Trinajstić information content (AvgIpc) is 3.16. The normalized spacial score (nSPS) is 18.6. The van der Waals surface area contributed by atoms with Crippen LogP contribution in [0.3, 0.4) is 0 Å². The number of ketones is 2. The number of hydrogen-bond donors (Lipinski definition) is 2. The largest absolute Gasteiger partial charge is 0.461 e. The molecule has 0 aliphatic carbocycles. The van der Waals surface area contributed by atoms with Gasteiger partial charge in [0.25, 0.3) is 0 Å². The molecule has 1 aliphatic rings. The predicted molar refractivity (Wildman–Crippen MR) is 121 cm³/mol. The lowest BCUT2D eigenvalue weighted by molar-refractivity contribution is -0.183. The molecule has 0 saturated carbocycles. The second-order valence-corrected chi connectivity index (χ2v) is 8.72. The number of carbonyl (C=O) groups is 4. The number of esters is 1. The van der Waals surface area contributed by atoms with Crippen LogP contribution < -0.4 is 5.32 Å². The number of benzene rings is 1. The monoisotopic (exact) mass is 440 g/mol. The van der Waals surface area contributed by atoms with Gasteiger partial charge in [0.1, 0.15) is 17.8 Å². The minimum Gasteiger partial charge on any atom is -0.461 e. The van der Waals surface area contributed by atoms with Crippen LogP contribution in [-0.2, 0) is 30.3 Å². The van der Waals surface area contributed by atoms with E-state index in [1.54, 1.807) is 13.8 Å². The van der Waals surface area contributed by atoms with E-state index in [0.29, 0.717) is 25.7 Å². The predicted octanol–water partition coefficient (Wildman–Crippen LogP) is 3.65. The highest BCUT2D eigenvalue weighted by molar-refractivity contribution is 5.94. The first kappa shape index (κ1) is 23.7. The highest BCUT2D eigenvalue weighted by Gasteiger charge is 2.41. The molecular formula is C25H32N2O5. The van der Waals surface area contributed by atoms with Crippen molar-refractivity contribution in [2.45, 2.75) is 77.4 Å². The number of nitrogens with one attached hydrogen (secondary N) is 2. The van der Waals surface area contributed by atoms with Crippen LogP contribution in [0.1, 0.15) is 64.4 Å². The van der Waals surface area contributed by atoms with Crippen molar-refractivity contribution in [2.75, 3.05) is 0 Å². The number of aromatic nitrogens is 1. The standard InChI is InChI=1S/C25H32N2O5/c1-16(28)9-5-3-4-6-12-24(30)27-22(23(29)14-20-17(2)32-25(20)31)13-18-15-26-21-11-8-7-10-19(18)21/h7-8,10-11,15,17,20,22,26H,3-6,9,12-14H2,1-2H3,(H,27,30)/t17-,20+,22+/m1/s1. The van der Waals surface area contributed by atoms with Gasteiger partial charge in [0.15, 0.2) is 5.78 Å². The Morgan fingerprint density at radius 1 is 1.09 bits per heavy atom. The van der Waals surface area contributed by atoms with Gasteiger partial charge in [0, 0.05) is 42.8 Å². The van der Waals surface area contributed by atoms with Crippen molar-refractivity contribution in [1.29, 1.82) is 0 Å². The van der Waals surface area contributed by atoms with Crippen LogP contribution in [0.15, 0.2) is 30.5 Å². The molecule has 1 aromatic heterocycles. The number of Topliss-reactive ketones (excluding diaryl/α,β-unsaturated/α-hetero) is 2. The quantitative estimate of drug-likeness (QED) is 0.365. The van der Waals surface area contributed by atoms with Gasteiger partial charge in [0.05, 0.1) is 6.04 Å². The fourth-order valence-electron chi connectivity index (χ4n) is 4.13. The van der Waals surface area contributed by atoms with Crippen LogP contribution in [-0.4, -0.2) is 40.6 Å². The Labute approximate surface area is 188 Å². The van der Waals surface area contributed by atoms with Crippen LogP contribution in [0.5, 0.6) is 0 Å². The summed E-state index contributed by atoms with van der Waals surface area (Å²) >= 11 is 0. The lowest BCUT2D eigenvalue weighted by atomic mass is 9.88. The fraction of sp³-hybridized carbons (Fsp3) is 0.520. The van der Waals surface area contributed by atoms with E-state index in [-0.39, 0.29) is 36.0 Å². The first-order chi connectivity index (χ1) is 15.3. The molecule has 0 bridgehead atoms. The molecule has 2 heterocycles. The molecule has 1 aliphatic heterocycles. The molecule has 0 spiro atoms. The smallest absolute Gasteiger partial charge is 0.313 e. The maximum atomic E-state index is 13.0. The third-order valence-corrected chi connectivity index (χ3v) is 6.10. The summed E-state index contributed by atoms with van der Waals surface area (Å²) < 4.78 is 4.97. The molecular weight excluding hydrogens is 408 g/mol. The number of hydrogen-bond acceptors (Lipinski definition) is 5. The van der Waals surface area contributed by atoms with Crippen LogP contribution in [0.4, 0.5) is 0 Å². The molecule has 172 valence electrons. The van der Waals surface area contributed by atoms with E-state index in [1.165, 1.54) is 0 Å². The van der Waals surface area contributed by atoms with Gasteiger partial charge in [-0.3, -0.25) is 14.4 Å². The first-order valence-electron chi connectivity index (χ1n) is 11.4. The Bertz CT molecular complexity index is 980. The number of fused-ring (bicyclic) bond motifs is 1. The van der Waals surface area contributed by atoms with E-state index in [4.69, 9.17) is 4.74 Å². The van der Waals surface area contributed by atoms with E-state index < -0.39 is 12.0 Å². The molecule has 2 aromatic rings. The van der Waals surface area contributed by atoms with Crippen LogP contribution in [0, 0.1) is 5.92 Å². The molecule has 7 nitrogen and oxygen atoms in total. The second-order valence-electron chi connectivity index (χ2n) is 8.72. The summed E-state index contributed by atoms with van der Waals surface area (Å²) in [5.74, 6) is -0.927.